The lowest BCUT2D eigenvalue weighted by atomic mass is 10.2. The minimum absolute atomic E-state index is 0.0369. The fraction of sp³-hybridized carbons (Fsp3) is 0. The van der Waals surface area contributed by atoms with Gasteiger partial charge in [0.1, 0.15) is 0 Å². The van der Waals surface area contributed by atoms with Crippen LogP contribution in [0.3, 0.4) is 0 Å². The molecule has 0 aliphatic heterocycles. The van der Waals surface area contributed by atoms with Gasteiger partial charge in [-0.3, -0.25) is 0 Å². The third-order valence-corrected chi connectivity index (χ3v) is 5.56. The zero-order chi connectivity index (χ0) is 11.0. The second-order valence-electron chi connectivity index (χ2n) is 2.25. The highest BCUT2D eigenvalue weighted by Crippen LogP contribution is 2.40. The van der Waals surface area contributed by atoms with Crippen LogP contribution in [-0.4, -0.2) is 11.1 Å². The molecule has 1 rings (SSSR count). The summed E-state index contributed by atoms with van der Waals surface area (Å²) >= 11 is 11.9. The Bertz CT molecular complexity index is 390. The number of benzene rings is 1. The van der Waals surface area contributed by atoms with Gasteiger partial charge >= 0.3 is 5.97 Å². The summed E-state index contributed by atoms with van der Waals surface area (Å²) in [5, 5.41) is 8.86. The summed E-state index contributed by atoms with van der Waals surface area (Å²) in [7, 11) is 0. The Morgan fingerprint density at radius 3 is 1.64 bits per heavy atom. The maximum absolute atomic E-state index is 13.3. The Balaban J connectivity index is 3.68. The topological polar surface area (TPSA) is 37.3 Å². The summed E-state index contributed by atoms with van der Waals surface area (Å²) in [4.78, 5) is 10.8. The maximum Gasteiger partial charge on any atom is 0.338 e. The molecule has 0 spiro atoms. The summed E-state index contributed by atoms with van der Waals surface area (Å²) in [6, 6.07) is 0. The van der Waals surface area contributed by atoms with Crippen molar-refractivity contribution in [1.82, 2.24) is 0 Å². The van der Waals surface area contributed by atoms with Gasteiger partial charge in [0.15, 0.2) is 5.82 Å². The van der Waals surface area contributed by atoms with Gasteiger partial charge in [-0.05, 0) is 63.7 Å². The SMILES string of the molecule is O=C(O)c1c(Br)c(Br)c(F)c(Br)c1Br. The third kappa shape index (κ3) is 2.05. The molecule has 1 N–H and O–H groups in total. The molecular weight excluding hydrogens is 455 g/mol. The second-order valence-corrected chi connectivity index (χ2v) is 5.42. The predicted molar refractivity (Wildman–Crippen MR) is 64.2 cm³/mol. The minimum Gasteiger partial charge on any atom is -0.478 e. The zero-order valence-corrected chi connectivity index (χ0v) is 12.6. The van der Waals surface area contributed by atoms with Gasteiger partial charge in [0, 0.05) is 0 Å². The van der Waals surface area contributed by atoms with E-state index < -0.39 is 11.8 Å². The molecule has 0 fully saturated rings. The lowest BCUT2D eigenvalue weighted by molar-refractivity contribution is 0.0694. The van der Waals surface area contributed by atoms with Gasteiger partial charge in [0.25, 0.3) is 0 Å². The van der Waals surface area contributed by atoms with Crippen LogP contribution in [0.5, 0.6) is 0 Å². The van der Waals surface area contributed by atoms with E-state index in [1.807, 2.05) is 0 Å². The van der Waals surface area contributed by atoms with Crippen LogP contribution in [0.15, 0.2) is 17.9 Å². The van der Waals surface area contributed by atoms with Crippen LogP contribution in [-0.2, 0) is 0 Å². The van der Waals surface area contributed by atoms with Crippen molar-refractivity contribution in [2.45, 2.75) is 0 Å². The number of rotatable bonds is 1. The van der Waals surface area contributed by atoms with Gasteiger partial charge in [-0.25, -0.2) is 9.18 Å². The number of carboxylic acid groups (broad SMARTS) is 1. The highest BCUT2D eigenvalue weighted by atomic mass is 79.9. The molecule has 1 aromatic carbocycles. The Kier molecular flexibility index (Phi) is 4.13. The van der Waals surface area contributed by atoms with Crippen LogP contribution < -0.4 is 0 Å². The molecule has 2 nitrogen and oxygen atoms in total. The number of hydrogen-bond donors (Lipinski definition) is 1. The minimum atomic E-state index is -1.15. The molecule has 0 saturated heterocycles. The third-order valence-electron chi connectivity index (χ3n) is 1.42. The Morgan fingerprint density at radius 2 is 1.36 bits per heavy atom. The lowest BCUT2D eigenvalue weighted by Crippen LogP contribution is -2.02. The molecule has 1 aromatic rings. The van der Waals surface area contributed by atoms with E-state index >= 15 is 0 Å². The molecule has 0 aliphatic carbocycles. The van der Waals surface area contributed by atoms with Crippen molar-refractivity contribution in [3.8, 4) is 0 Å². The molecule has 0 atom stereocenters. The van der Waals surface area contributed by atoms with Gasteiger partial charge in [-0.15, -0.1) is 0 Å². The molecule has 0 heterocycles. The van der Waals surface area contributed by atoms with Gasteiger partial charge < -0.3 is 5.11 Å². The van der Waals surface area contributed by atoms with Crippen LogP contribution in [0.4, 0.5) is 4.39 Å². The van der Waals surface area contributed by atoms with Crippen molar-refractivity contribution in [2.24, 2.45) is 0 Å². The molecule has 0 amide bonds. The Morgan fingerprint density at radius 1 is 1.00 bits per heavy atom. The van der Waals surface area contributed by atoms with E-state index in [-0.39, 0.29) is 23.5 Å². The number of carboxylic acids is 1. The molecule has 0 saturated carbocycles. The van der Waals surface area contributed by atoms with Gasteiger partial charge in [-0.1, -0.05) is 0 Å². The van der Waals surface area contributed by atoms with Crippen molar-refractivity contribution in [2.75, 3.05) is 0 Å². The summed E-state index contributed by atoms with van der Waals surface area (Å²) < 4.78 is 13.8. The Hall–Kier alpha value is 0.540. The number of carbonyl (C=O) groups is 1. The fourth-order valence-electron chi connectivity index (χ4n) is 0.793. The first-order valence-corrected chi connectivity index (χ1v) is 6.29. The summed E-state index contributed by atoms with van der Waals surface area (Å²) in [5.74, 6) is -1.71. The number of aromatic carboxylic acids is 1. The van der Waals surface area contributed by atoms with Crippen LogP contribution in [0.2, 0.25) is 0 Å². The van der Waals surface area contributed by atoms with E-state index in [0.29, 0.717) is 0 Å². The molecule has 0 unspecified atom stereocenters. The van der Waals surface area contributed by atoms with Crippen LogP contribution in [0, 0.1) is 5.82 Å². The van der Waals surface area contributed by atoms with E-state index in [4.69, 9.17) is 5.11 Å². The number of hydrogen-bond acceptors (Lipinski definition) is 1. The van der Waals surface area contributed by atoms with Gasteiger partial charge in [0.2, 0.25) is 0 Å². The zero-order valence-electron chi connectivity index (χ0n) is 6.25. The molecule has 76 valence electrons. The maximum atomic E-state index is 13.3. The molecule has 7 heteroatoms. The van der Waals surface area contributed by atoms with E-state index in [9.17, 15) is 9.18 Å². The normalized spacial score (nSPS) is 10.4. The van der Waals surface area contributed by atoms with E-state index in [0.717, 1.165) is 0 Å². The number of halogens is 5. The molecular formula is C7HBr4FO2. The van der Waals surface area contributed by atoms with Gasteiger partial charge in [-0.2, -0.15) is 0 Å². The Labute approximate surface area is 112 Å². The molecule has 0 bridgehead atoms. The first-order valence-electron chi connectivity index (χ1n) is 3.12. The summed E-state index contributed by atoms with van der Waals surface area (Å²) in [6.07, 6.45) is 0. The average Bonchev–Trinajstić information content (AvgIpc) is 2.11. The smallest absolute Gasteiger partial charge is 0.338 e. The standard InChI is InChI=1S/C7HBr4FO2/c8-2-1(7(13)14)3(9)5(11)6(12)4(2)10/h(H,13,14). The monoisotopic (exact) mass is 452 g/mol. The van der Waals surface area contributed by atoms with Crippen molar-refractivity contribution >= 4 is 69.7 Å². The van der Waals surface area contributed by atoms with Gasteiger partial charge in [0.05, 0.1) is 23.5 Å². The van der Waals surface area contributed by atoms with Crippen molar-refractivity contribution in [3.05, 3.63) is 29.3 Å². The second kappa shape index (κ2) is 4.59. The highest BCUT2D eigenvalue weighted by molar-refractivity contribution is 9.14. The highest BCUT2D eigenvalue weighted by Gasteiger charge is 2.22. The quantitative estimate of drug-likeness (QED) is 0.497. The molecule has 0 aliphatic rings. The van der Waals surface area contributed by atoms with E-state index in [2.05, 4.69) is 63.7 Å². The van der Waals surface area contributed by atoms with E-state index in [1.165, 1.54) is 0 Å². The van der Waals surface area contributed by atoms with Crippen molar-refractivity contribution < 1.29 is 14.3 Å². The first-order chi connectivity index (χ1) is 6.37. The lowest BCUT2D eigenvalue weighted by Gasteiger charge is -2.08. The van der Waals surface area contributed by atoms with Crippen LogP contribution in [0.25, 0.3) is 0 Å². The van der Waals surface area contributed by atoms with Crippen molar-refractivity contribution in [3.63, 3.8) is 0 Å². The van der Waals surface area contributed by atoms with Crippen LogP contribution in [0.1, 0.15) is 10.4 Å². The van der Waals surface area contributed by atoms with E-state index in [1.54, 1.807) is 0 Å². The molecule has 14 heavy (non-hydrogen) atoms. The fourth-order valence-corrected chi connectivity index (χ4v) is 3.20. The molecule has 0 aromatic heterocycles. The summed E-state index contributed by atoms with van der Waals surface area (Å²) in [6.45, 7) is 0. The largest absolute Gasteiger partial charge is 0.478 e. The average molecular weight is 456 g/mol. The first kappa shape index (κ1) is 12.6. The van der Waals surface area contributed by atoms with Crippen LogP contribution >= 0.6 is 63.7 Å². The summed E-state index contributed by atoms with van der Waals surface area (Å²) in [5.41, 5.74) is -0.0369. The molecule has 0 radical (unpaired) electrons. The van der Waals surface area contributed by atoms with Crippen molar-refractivity contribution in [1.29, 1.82) is 0 Å². The predicted octanol–water partition coefficient (Wildman–Crippen LogP) is 4.57.